The highest BCUT2D eigenvalue weighted by molar-refractivity contribution is 5.67. The Morgan fingerprint density at radius 3 is 2.68 bits per heavy atom. The molecule has 0 aliphatic rings. The largest absolute Gasteiger partial charge is 0.492 e. The first-order valence-electron chi connectivity index (χ1n) is 7.76. The van der Waals surface area contributed by atoms with Crippen molar-refractivity contribution in [3.05, 3.63) is 75.8 Å². The van der Waals surface area contributed by atoms with Gasteiger partial charge in [0.1, 0.15) is 12.4 Å². The fourth-order valence-electron chi connectivity index (χ4n) is 2.31. The summed E-state index contributed by atoms with van der Waals surface area (Å²) in [6, 6.07) is 16.0. The Balaban J connectivity index is 2.05. The van der Waals surface area contributed by atoms with E-state index in [2.05, 4.69) is 0 Å². The molecule has 0 spiro atoms. The van der Waals surface area contributed by atoms with Gasteiger partial charge in [0.05, 0.1) is 23.2 Å². The van der Waals surface area contributed by atoms with Crippen LogP contribution < -0.4 is 4.74 Å². The lowest BCUT2D eigenvalue weighted by Crippen LogP contribution is -2.23. The molecule has 0 aliphatic carbocycles. The number of rotatable bonds is 7. The van der Waals surface area contributed by atoms with Gasteiger partial charge in [-0.15, -0.1) is 0 Å². The lowest BCUT2D eigenvalue weighted by Gasteiger charge is -2.22. The van der Waals surface area contributed by atoms with E-state index in [9.17, 15) is 10.1 Å². The number of aryl methyl sites for hydroxylation is 1. The molecule has 0 aliphatic heterocycles. The van der Waals surface area contributed by atoms with Gasteiger partial charge in [-0.25, -0.2) is 0 Å². The summed E-state index contributed by atoms with van der Waals surface area (Å²) in [5.74, 6) is 0.778. The van der Waals surface area contributed by atoms with Crippen molar-refractivity contribution < 1.29 is 9.66 Å². The zero-order valence-electron chi connectivity index (χ0n) is 14.2. The van der Waals surface area contributed by atoms with Crippen molar-refractivity contribution in [2.75, 3.05) is 20.2 Å². The van der Waals surface area contributed by atoms with Gasteiger partial charge >= 0.3 is 0 Å². The highest BCUT2D eigenvalue weighted by Crippen LogP contribution is 2.22. The number of nitriles is 1. The molecule has 0 aromatic heterocycles. The predicted molar refractivity (Wildman–Crippen MR) is 96.0 cm³/mol. The van der Waals surface area contributed by atoms with Gasteiger partial charge in [0.25, 0.3) is 5.69 Å². The van der Waals surface area contributed by atoms with Crippen molar-refractivity contribution in [3.8, 4) is 11.8 Å². The van der Waals surface area contributed by atoms with Gasteiger partial charge in [-0.2, -0.15) is 5.26 Å². The van der Waals surface area contributed by atoms with Crippen LogP contribution in [0.2, 0.25) is 0 Å². The van der Waals surface area contributed by atoms with Gasteiger partial charge < -0.3 is 9.64 Å². The van der Waals surface area contributed by atoms with E-state index >= 15 is 0 Å². The number of nitro benzene ring substituents is 1. The van der Waals surface area contributed by atoms with Gasteiger partial charge in [0, 0.05) is 30.8 Å². The molecule has 0 atom stereocenters. The molecule has 0 radical (unpaired) electrons. The zero-order valence-corrected chi connectivity index (χ0v) is 14.2. The second kappa shape index (κ2) is 8.50. The molecular weight excluding hydrogens is 318 g/mol. The number of nitro groups is 1. The van der Waals surface area contributed by atoms with E-state index in [0.29, 0.717) is 24.4 Å². The monoisotopic (exact) mass is 337 g/mol. The standard InChI is InChI=1S/C19H19N3O3/c1-15-6-8-18(9-7-15)25-13-12-21(2)19(10-11-20)16-4-3-5-17(14-16)22(23)24/h3-10,14H,12-13H2,1-2H3. The first-order valence-corrected chi connectivity index (χ1v) is 7.76. The molecule has 0 unspecified atom stereocenters. The topological polar surface area (TPSA) is 79.4 Å². The molecule has 25 heavy (non-hydrogen) atoms. The molecule has 0 amide bonds. The summed E-state index contributed by atoms with van der Waals surface area (Å²) >= 11 is 0. The number of hydrogen-bond donors (Lipinski definition) is 0. The van der Waals surface area contributed by atoms with E-state index in [4.69, 9.17) is 10.00 Å². The summed E-state index contributed by atoms with van der Waals surface area (Å²) in [5, 5.41) is 20.0. The lowest BCUT2D eigenvalue weighted by molar-refractivity contribution is -0.384. The Morgan fingerprint density at radius 1 is 1.32 bits per heavy atom. The minimum atomic E-state index is -0.450. The highest BCUT2D eigenvalue weighted by atomic mass is 16.6. The van der Waals surface area contributed by atoms with Gasteiger partial charge in [-0.05, 0) is 19.1 Å². The van der Waals surface area contributed by atoms with Gasteiger partial charge in [-0.3, -0.25) is 10.1 Å². The first-order chi connectivity index (χ1) is 12.0. The summed E-state index contributed by atoms with van der Waals surface area (Å²) in [5.41, 5.74) is 2.38. The summed E-state index contributed by atoms with van der Waals surface area (Å²) in [4.78, 5) is 12.3. The van der Waals surface area contributed by atoms with Crippen LogP contribution in [-0.2, 0) is 0 Å². The number of allylic oxidation sites excluding steroid dienone is 1. The molecule has 6 heteroatoms. The number of likely N-dealkylation sites (N-methyl/N-ethyl adjacent to an activating group) is 1. The molecular formula is C19H19N3O3. The number of hydrogen-bond acceptors (Lipinski definition) is 5. The molecule has 0 bridgehead atoms. The van der Waals surface area contributed by atoms with Crippen molar-refractivity contribution >= 4 is 11.4 Å². The normalized spacial score (nSPS) is 10.8. The van der Waals surface area contributed by atoms with Crippen LogP contribution in [0.15, 0.2) is 54.6 Å². The third kappa shape index (κ3) is 5.08. The van der Waals surface area contributed by atoms with Crippen molar-refractivity contribution in [1.82, 2.24) is 4.90 Å². The fraction of sp³-hybridized carbons (Fsp3) is 0.211. The summed E-state index contributed by atoms with van der Waals surface area (Å²) in [7, 11) is 1.82. The lowest BCUT2D eigenvalue weighted by atomic mass is 10.1. The van der Waals surface area contributed by atoms with Crippen LogP contribution >= 0.6 is 0 Å². The van der Waals surface area contributed by atoms with Gasteiger partial charge in [0.2, 0.25) is 0 Å². The molecule has 2 aromatic rings. The average molecular weight is 337 g/mol. The van der Waals surface area contributed by atoms with E-state index in [1.54, 1.807) is 12.1 Å². The van der Waals surface area contributed by atoms with Crippen molar-refractivity contribution in [1.29, 1.82) is 5.26 Å². The van der Waals surface area contributed by atoms with E-state index < -0.39 is 4.92 Å². The van der Waals surface area contributed by atoms with Crippen LogP contribution in [0.25, 0.3) is 5.70 Å². The molecule has 6 nitrogen and oxygen atoms in total. The molecule has 2 aromatic carbocycles. The van der Waals surface area contributed by atoms with Crippen molar-refractivity contribution in [2.24, 2.45) is 0 Å². The van der Waals surface area contributed by atoms with Crippen LogP contribution in [-0.4, -0.2) is 30.0 Å². The Kier molecular flexibility index (Phi) is 6.13. The van der Waals surface area contributed by atoms with Gasteiger partial charge in [0.15, 0.2) is 0 Å². The molecule has 0 saturated heterocycles. The second-order valence-electron chi connectivity index (χ2n) is 5.55. The van der Waals surface area contributed by atoms with E-state index in [0.717, 1.165) is 11.3 Å². The van der Waals surface area contributed by atoms with Crippen LogP contribution in [0.1, 0.15) is 11.1 Å². The van der Waals surface area contributed by atoms with E-state index in [1.807, 2.05) is 49.2 Å². The molecule has 0 fully saturated rings. The van der Waals surface area contributed by atoms with Gasteiger partial charge in [-0.1, -0.05) is 29.8 Å². The number of nitrogens with zero attached hydrogens (tertiary/aromatic N) is 3. The van der Waals surface area contributed by atoms with Crippen molar-refractivity contribution in [2.45, 2.75) is 6.92 Å². The maximum atomic E-state index is 10.9. The Bertz CT molecular complexity index is 807. The van der Waals surface area contributed by atoms with Crippen LogP contribution in [0.3, 0.4) is 0 Å². The predicted octanol–water partition coefficient (Wildman–Crippen LogP) is 3.78. The molecule has 128 valence electrons. The summed E-state index contributed by atoms with van der Waals surface area (Å²) < 4.78 is 5.70. The number of ether oxygens (including phenoxy) is 1. The zero-order chi connectivity index (χ0) is 18.2. The summed E-state index contributed by atoms with van der Waals surface area (Å²) in [6.45, 7) is 2.97. The minimum Gasteiger partial charge on any atom is -0.492 e. The number of non-ortho nitro benzene ring substituents is 1. The quantitative estimate of drug-likeness (QED) is 0.436. The molecule has 2 rings (SSSR count). The average Bonchev–Trinajstić information content (AvgIpc) is 2.61. The Labute approximate surface area is 146 Å². The highest BCUT2D eigenvalue weighted by Gasteiger charge is 2.12. The Morgan fingerprint density at radius 2 is 2.04 bits per heavy atom. The maximum absolute atomic E-state index is 10.9. The molecule has 0 heterocycles. The van der Waals surface area contributed by atoms with Crippen LogP contribution in [0.5, 0.6) is 5.75 Å². The molecule has 0 saturated carbocycles. The third-order valence-electron chi connectivity index (χ3n) is 3.68. The maximum Gasteiger partial charge on any atom is 0.270 e. The smallest absolute Gasteiger partial charge is 0.270 e. The minimum absolute atomic E-state index is 0.00866. The number of benzene rings is 2. The molecule has 0 N–H and O–H groups in total. The van der Waals surface area contributed by atoms with Crippen LogP contribution in [0.4, 0.5) is 5.69 Å². The van der Waals surface area contributed by atoms with Crippen molar-refractivity contribution in [3.63, 3.8) is 0 Å². The second-order valence-corrected chi connectivity index (χ2v) is 5.55. The Hall–Kier alpha value is -3.33. The third-order valence-corrected chi connectivity index (χ3v) is 3.68. The fourth-order valence-corrected chi connectivity index (χ4v) is 2.31. The first kappa shape index (κ1) is 18.0. The summed E-state index contributed by atoms with van der Waals surface area (Å²) in [6.07, 6.45) is 1.38. The van der Waals surface area contributed by atoms with E-state index in [-0.39, 0.29) is 5.69 Å². The van der Waals surface area contributed by atoms with Crippen LogP contribution in [0, 0.1) is 28.4 Å². The SMILES string of the molecule is Cc1ccc(OCCN(C)C(=CC#N)c2cccc([N+](=O)[O-])c2)cc1. The van der Waals surface area contributed by atoms with E-state index in [1.165, 1.54) is 18.2 Å².